The van der Waals surface area contributed by atoms with Gasteiger partial charge in [0.1, 0.15) is 18.1 Å². The Balaban J connectivity index is 0.00000218. The standard InChI is InChI=1S/C24H26N2O3.ClH/c27-24(26-11-9-19-14-25-15-20(19)10-12-26)23-8-7-22(29-23)16-28-21-6-5-17-3-1-2-4-18(17)13-21;/h1-8,13,19-20,25H,9-12,14-16H2;1H/t19-,20+;. The Hall–Kier alpha value is -2.50. The first-order valence-electron chi connectivity index (χ1n) is 10.5. The highest BCUT2D eigenvalue weighted by atomic mass is 35.5. The SMILES string of the molecule is Cl.O=C(c1ccc(COc2ccc3ccccc3c2)o1)N1CC[C@@H]2CNC[C@@H]2CC1. The third kappa shape index (κ3) is 4.32. The summed E-state index contributed by atoms with van der Waals surface area (Å²) in [5.74, 6) is 3.27. The van der Waals surface area contributed by atoms with E-state index in [1.54, 1.807) is 6.07 Å². The smallest absolute Gasteiger partial charge is 0.289 e. The topological polar surface area (TPSA) is 54.7 Å². The van der Waals surface area contributed by atoms with E-state index in [0.29, 0.717) is 30.0 Å². The maximum atomic E-state index is 12.9. The van der Waals surface area contributed by atoms with Crippen molar-refractivity contribution in [3.8, 4) is 5.75 Å². The lowest BCUT2D eigenvalue weighted by Gasteiger charge is -2.19. The molecule has 0 radical (unpaired) electrons. The fourth-order valence-electron chi connectivity index (χ4n) is 4.56. The molecule has 1 aromatic heterocycles. The van der Waals surface area contributed by atoms with Gasteiger partial charge in [-0.1, -0.05) is 30.3 Å². The molecule has 2 fully saturated rings. The lowest BCUT2D eigenvalue weighted by atomic mass is 9.92. The summed E-state index contributed by atoms with van der Waals surface area (Å²) in [6.07, 6.45) is 2.14. The summed E-state index contributed by atoms with van der Waals surface area (Å²) in [7, 11) is 0. The van der Waals surface area contributed by atoms with Gasteiger partial charge < -0.3 is 19.4 Å². The molecule has 3 heterocycles. The van der Waals surface area contributed by atoms with Crippen molar-refractivity contribution in [2.75, 3.05) is 26.2 Å². The van der Waals surface area contributed by atoms with Gasteiger partial charge in [0, 0.05) is 13.1 Å². The lowest BCUT2D eigenvalue weighted by Crippen LogP contribution is -2.32. The molecule has 1 N–H and O–H groups in total. The van der Waals surface area contributed by atoms with Gasteiger partial charge in [0.15, 0.2) is 5.76 Å². The Kier molecular flexibility index (Phi) is 6.30. The van der Waals surface area contributed by atoms with Crippen molar-refractivity contribution in [2.45, 2.75) is 19.4 Å². The van der Waals surface area contributed by atoms with Crippen LogP contribution in [0.5, 0.6) is 5.75 Å². The average molecular weight is 427 g/mol. The molecule has 3 aromatic rings. The van der Waals surface area contributed by atoms with Gasteiger partial charge in [0.05, 0.1) is 0 Å². The highest BCUT2D eigenvalue weighted by Gasteiger charge is 2.32. The Labute approximate surface area is 182 Å². The largest absolute Gasteiger partial charge is 0.486 e. The van der Waals surface area contributed by atoms with Crippen LogP contribution in [0.3, 0.4) is 0 Å². The van der Waals surface area contributed by atoms with E-state index in [1.807, 2.05) is 41.3 Å². The van der Waals surface area contributed by atoms with Crippen LogP contribution in [0.4, 0.5) is 0 Å². The van der Waals surface area contributed by atoms with Crippen molar-refractivity contribution in [3.63, 3.8) is 0 Å². The van der Waals surface area contributed by atoms with Gasteiger partial charge >= 0.3 is 0 Å². The van der Waals surface area contributed by atoms with Crippen LogP contribution in [0.25, 0.3) is 10.8 Å². The highest BCUT2D eigenvalue weighted by molar-refractivity contribution is 5.91. The third-order valence-corrected chi connectivity index (χ3v) is 6.28. The molecule has 5 rings (SSSR count). The molecule has 1 amide bonds. The van der Waals surface area contributed by atoms with Crippen molar-refractivity contribution < 1.29 is 13.9 Å². The van der Waals surface area contributed by atoms with Gasteiger partial charge in [-0.15, -0.1) is 12.4 Å². The number of nitrogens with one attached hydrogen (secondary N) is 1. The number of carbonyl (C=O) groups excluding carboxylic acids is 1. The number of likely N-dealkylation sites (tertiary alicyclic amines) is 1. The number of halogens is 1. The number of hydrogen-bond acceptors (Lipinski definition) is 4. The quantitative estimate of drug-likeness (QED) is 0.667. The van der Waals surface area contributed by atoms with Gasteiger partial charge in [-0.2, -0.15) is 0 Å². The average Bonchev–Trinajstić information content (AvgIpc) is 3.37. The maximum absolute atomic E-state index is 12.9. The Morgan fingerprint density at radius 1 is 1.00 bits per heavy atom. The fraction of sp³-hybridized carbons (Fsp3) is 0.375. The second-order valence-corrected chi connectivity index (χ2v) is 8.11. The normalized spacial score (nSPS) is 21.0. The van der Waals surface area contributed by atoms with Crippen LogP contribution < -0.4 is 10.1 Å². The molecule has 2 aliphatic heterocycles. The van der Waals surface area contributed by atoms with Crippen molar-refractivity contribution in [1.82, 2.24) is 10.2 Å². The van der Waals surface area contributed by atoms with Gasteiger partial charge in [-0.25, -0.2) is 0 Å². The number of furan rings is 1. The Morgan fingerprint density at radius 2 is 1.73 bits per heavy atom. The molecule has 158 valence electrons. The summed E-state index contributed by atoms with van der Waals surface area (Å²) in [6, 6.07) is 17.8. The molecule has 2 atom stereocenters. The molecule has 0 spiro atoms. The van der Waals surface area contributed by atoms with Crippen LogP contribution >= 0.6 is 12.4 Å². The molecule has 6 heteroatoms. The fourth-order valence-corrected chi connectivity index (χ4v) is 4.56. The first-order valence-corrected chi connectivity index (χ1v) is 10.5. The second-order valence-electron chi connectivity index (χ2n) is 8.11. The maximum Gasteiger partial charge on any atom is 0.289 e. The highest BCUT2D eigenvalue weighted by Crippen LogP contribution is 2.28. The van der Waals surface area contributed by atoms with Crippen molar-refractivity contribution in [3.05, 3.63) is 66.1 Å². The van der Waals surface area contributed by atoms with Crippen LogP contribution in [0, 0.1) is 11.8 Å². The molecule has 30 heavy (non-hydrogen) atoms. The number of fused-ring (bicyclic) bond motifs is 2. The summed E-state index contributed by atoms with van der Waals surface area (Å²) in [6.45, 7) is 4.10. The van der Waals surface area contributed by atoms with Crippen LogP contribution in [-0.2, 0) is 6.61 Å². The Morgan fingerprint density at radius 3 is 2.50 bits per heavy atom. The minimum atomic E-state index is -0.00473. The Bertz CT molecular complexity index is 1000. The number of hydrogen-bond donors (Lipinski definition) is 1. The van der Waals surface area contributed by atoms with Gasteiger partial charge in [-0.3, -0.25) is 4.79 Å². The van der Waals surface area contributed by atoms with Gasteiger partial charge in [0.25, 0.3) is 5.91 Å². The van der Waals surface area contributed by atoms with E-state index >= 15 is 0 Å². The molecule has 2 saturated heterocycles. The van der Waals surface area contributed by atoms with E-state index in [2.05, 4.69) is 17.4 Å². The van der Waals surface area contributed by atoms with Gasteiger partial charge in [0.2, 0.25) is 0 Å². The molecule has 0 bridgehead atoms. The van der Waals surface area contributed by atoms with E-state index in [0.717, 1.165) is 50.2 Å². The minimum absolute atomic E-state index is 0. The van der Waals surface area contributed by atoms with E-state index in [9.17, 15) is 4.79 Å². The molecular weight excluding hydrogens is 400 g/mol. The number of carbonyl (C=O) groups is 1. The zero-order valence-corrected chi connectivity index (χ0v) is 17.7. The molecule has 0 unspecified atom stereocenters. The van der Waals surface area contributed by atoms with Crippen molar-refractivity contribution in [1.29, 1.82) is 0 Å². The molecule has 0 saturated carbocycles. The number of ether oxygens (including phenoxy) is 1. The first-order chi connectivity index (χ1) is 14.3. The van der Waals surface area contributed by atoms with E-state index in [1.165, 1.54) is 5.39 Å². The minimum Gasteiger partial charge on any atom is -0.486 e. The molecule has 2 aliphatic rings. The van der Waals surface area contributed by atoms with Crippen LogP contribution in [0.15, 0.2) is 59.0 Å². The molecule has 2 aromatic carbocycles. The molecule has 5 nitrogen and oxygen atoms in total. The first kappa shape index (κ1) is 20.8. The third-order valence-electron chi connectivity index (χ3n) is 6.28. The van der Waals surface area contributed by atoms with Crippen LogP contribution in [0.1, 0.15) is 29.2 Å². The second kappa shape index (κ2) is 9.11. The number of rotatable bonds is 4. The van der Waals surface area contributed by atoms with E-state index < -0.39 is 0 Å². The zero-order chi connectivity index (χ0) is 19.6. The number of benzene rings is 2. The predicted octanol–water partition coefficient (Wildman–Crippen LogP) is 4.51. The predicted molar refractivity (Wildman–Crippen MR) is 119 cm³/mol. The summed E-state index contributed by atoms with van der Waals surface area (Å²) in [4.78, 5) is 14.8. The van der Waals surface area contributed by atoms with E-state index in [-0.39, 0.29) is 18.3 Å². The van der Waals surface area contributed by atoms with E-state index in [4.69, 9.17) is 9.15 Å². The van der Waals surface area contributed by atoms with Gasteiger partial charge in [-0.05, 0) is 72.8 Å². The summed E-state index contributed by atoms with van der Waals surface area (Å²) >= 11 is 0. The number of nitrogens with zero attached hydrogens (tertiary/aromatic N) is 1. The summed E-state index contributed by atoms with van der Waals surface area (Å²) in [5, 5.41) is 5.80. The van der Waals surface area contributed by atoms with Crippen molar-refractivity contribution in [2.24, 2.45) is 11.8 Å². The summed E-state index contributed by atoms with van der Waals surface area (Å²) in [5.41, 5.74) is 0. The van der Waals surface area contributed by atoms with Crippen LogP contribution in [0.2, 0.25) is 0 Å². The zero-order valence-electron chi connectivity index (χ0n) is 16.9. The molecular formula is C24H27ClN2O3. The van der Waals surface area contributed by atoms with Crippen LogP contribution in [-0.4, -0.2) is 37.0 Å². The monoisotopic (exact) mass is 426 g/mol. The van der Waals surface area contributed by atoms with Crippen molar-refractivity contribution >= 4 is 29.1 Å². The molecule has 0 aliphatic carbocycles. The lowest BCUT2D eigenvalue weighted by molar-refractivity contribution is 0.0722. The summed E-state index contributed by atoms with van der Waals surface area (Å²) < 4.78 is 11.7. The number of amides is 1.